The lowest BCUT2D eigenvalue weighted by Gasteiger charge is -2.06. The lowest BCUT2D eigenvalue weighted by molar-refractivity contribution is -0.120. The predicted molar refractivity (Wildman–Crippen MR) is 80.0 cm³/mol. The third-order valence-corrected chi connectivity index (χ3v) is 3.14. The molecule has 1 amide bonds. The van der Waals surface area contributed by atoms with Gasteiger partial charge < -0.3 is 10.4 Å². The van der Waals surface area contributed by atoms with Gasteiger partial charge in [-0.15, -0.1) is 0 Å². The molecule has 2 aromatic carbocycles. The second-order valence-corrected chi connectivity index (χ2v) is 5.01. The summed E-state index contributed by atoms with van der Waals surface area (Å²) in [6.45, 7) is 0.544. The van der Waals surface area contributed by atoms with Crippen molar-refractivity contribution >= 4 is 17.5 Å². The molecule has 0 saturated carbocycles. The van der Waals surface area contributed by atoms with E-state index < -0.39 is 0 Å². The smallest absolute Gasteiger partial charge is 0.224 e. The number of carbonyl (C=O) groups excluding carboxylic acids is 1. The average Bonchev–Trinajstić information content (AvgIpc) is 2.38. The van der Waals surface area contributed by atoms with Gasteiger partial charge in [-0.3, -0.25) is 4.79 Å². The largest absolute Gasteiger partial charge is 0.508 e. The van der Waals surface area contributed by atoms with Crippen LogP contribution in [0, 0.1) is 0 Å². The standard InChI is InChI=1S/C16H16ClNO2/c17-14-5-1-4-13(9-14)11-16(20)18-8-7-12-3-2-6-15(19)10-12/h1-6,9-10,19H,7-8,11H2,(H,18,20). The molecule has 104 valence electrons. The highest BCUT2D eigenvalue weighted by atomic mass is 35.5. The van der Waals surface area contributed by atoms with Crippen molar-refractivity contribution < 1.29 is 9.90 Å². The summed E-state index contributed by atoms with van der Waals surface area (Å²) in [6, 6.07) is 14.3. The van der Waals surface area contributed by atoms with Crippen molar-refractivity contribution in [1.29, 1.82) is 0 Å². The van der Waals surface area contributed by atoms with Crippen LogP contribution in [0.1, 0.15) is 11.1 Å². The zero-order valence-electron chi connectivity index (χ0n) is 11.0. The van der Waals surface area contributed by atoms with Gasteiger partial charge >= 0.3 is 0 Å². The number of amides is 1. The highest BCUT2D eigenvalue weighted by molar-refractivity contribution is 6.30. The minimum absolute atomic E-state index is 0.0348. The summed E-state index contributed by atoms with van der Waals surface area (Å²) in [4.78, 5) is 11.8. The maximum absolute atomic E-state index is 11.8. The number of halogens is 1. The van der Waals surface area contributed by atoms with Gasteiger partial charge in [0.1, 0.15) is 5.75 Å². The summed E-state index contributed by atoms with van der Waals surface area (Å²) in [5.41, 5.74) is 1.89. The maximum Gasteiger partial charge on any atom is 0.224 e. The number of hydrogen-bond donors (Lipinski definition) is 2. The Labute approximate surface area is 123 Å². The van der Waals surface area contributed by atoms with Gasteiger partial charge in [-0.25, -0.2) is 0 Å². The van der Waals surface area contributed by atoms with E-state index in [-0.39, 0.29) is 11.7 Å². The second kappa shape index (κ2) is 6.96. The quantitative estimate of drug-likeness (QED) is 0.889. The Balaban J connectivity index is 1.78. The molecule has 0 saturated heterocycles. The van der Waals surface area contributed by atoms with Gasteiger partial charge in [-0.1, -0.05) is 35.9 Å². The van der Waals surface area contributed by atoms with Crippen molar-refractivity contribution in [3.63, 3.8) is 0 Å². The highest BCUT2D eigenvalue weighted by Crippen LogP contribution is 2.12. The first-order valence-corrected chi connectivity index (χ1v) is 6.80. The van der Waals surface area contributed by atoms with Crippen LogP contribution >= 0.6 is 11.6 Å². The molecule has 2 rings (SSSR count). The molecule has 0 unspecified atom stereocenters. The van der Waals surface area contributed by atoms with Crippen molar-refractivity contribution in [3.8, 4) is 5.75 Å². The first-order valence-electron chi connectivity index (χ1n) is 6.42. The van der Waals surface area contributed by atoms with Crippen LogP contribution in [0.25, 0.3) is 0 Å². The Kier molecular flexibility index (Phi) is 5.02. The second-order valence-electron chi connectivity index (χ2n) is 4.58. The van der Waals surface area contributed by atoms with Crippen LogP contribution in [0.5, 0.6) is 5.75 Å². The summed E-state index contributed by atoms with van der Waals surface area (Å²) < 4.78 is 0. The minimum Gasteiger partial charge on any atom is -0.508 e. The molecule has 4 heteroatoms. The van der Waals surface area contributed by atoms with E-state index in [4.69, 9.17) is 11.6 Å². The van der Waals surface area contributed by atoms with Crippen LogP contribution < -0.4 is 5.32 Å². The van der Waals surface area contributed by atoms with Gasteiger partial charge in [-0.05, 0) is 41.8 Å². The summed E-state index contributed by atoms with van der Waals surface area (Å²) in [7, 11) is 0. The van der Waals surface area contributed by atoms with E-state index >= 15 is 0 Å². The van der Waals surface area contributed by atoms with E-state index in [9.17, 15) is 9.90 Å². The lowest BCUT2D eigenvalue weighted by Crippen LogP contribution is -2.27. The van der Waals surface area contributed by atoms with Gasteiger partial charge in [0.15, 0.2) is 0 Å². The molecular weight excluding hydrogens is 274 g/mol. The summed E-state index contributed by atoms with van der Waals surface area (Å²) in [6.07, 6.45) is 1.01. The van der Waals surface area contributed by atoms with Gasteiger partial charge in [-0.2, -0.15) is 0 Å². The molecule has 0 spiro atoms. The minimum atomic E-state index is -0.0348. The van der Waals surface area contributed by atoms with Gasteiger partial charge in [0.05, 0.1) is 6.42 Å². The van der Waals surface area contributed by atoms with Crippen molar-refractivity contribution in [3.05, 3.63) is 64.7 Å². The van der Waals surface area contributed by atoms with Gasteiger partial charge in [0.2, 0.25) is 5.91 Å². The number of benzene rings is 2. The Morgan fingerprint density at radius 3 is 2.60 bits per heavy atom. The van der Waals surface area contributed by atoms with Crippen LogP contribution in [0.4, 0.5) is 0 Å². The topological polar surface area (TPSA) is 49.3 Å². The summed E-state index contributed by atoms with van der Waals surface area (Å²) >= 11 is 5.87. The fourth-order valence-corrected chi connectivity index (χ4v) is 2.17. The van der Waals surface area contributed by atoms with Crippen molar-refractivity contribution in [2.24, 2.45) is 0 Å². The van der Waals surface area contributed by atoms with Crippen molar-refractivity contribution in [2.75, 3.05) is 6.54 Å². The van der Waals surface area contributed by atoms with Crippen molar-refractivity contribution in [1.82, 2.24) is 5.32 Å². The molecule has 0 bridgehead atoms. The fourth-order valence-electron chi connectivity index (χ4n) is 1.95. The third-order valence-electron chi connectivity index (χ3n) is 2.90. The molecule has 3 nitrogen and oxygen atoms in total. The molecule has 0 fully saturated rings. The number of hydrogen-bond acceptors (Lipinski definition) is 2. The number of nitrogens with one attached hydrogen (secondary N) is 1. The number of carbonyl (C=O) groups is 1. The first kappa shape index (κ1) is 14.4. The monoisotopic (exact) mass is 289 g/mol. The predicted octanol–water partition coefficient (Wildman–Crippen LogP) is 2.95. The summed E-state index contributed by atoms with van der Waals surface area (Å²) in [5.74, 6) is 0.208. The molecule has 2 N–H and O–H groups in total. The molecule has 0 aromatic heterocycles. The van der Waals surface area contributed by atoms with Gasteiger partial charge in [0.25, 0.3) is 0 Å². The van der Waals surface area contributed by atoms with E-state index in [0.717, 1.165) is 11.1 Å². The van der Waals surface area contributed by atoms with Crippen LogP contribution in [0.15, 0.2) is 48.5 Å². The van der Waals surface area contributed by atoms with Crippen LogP contribution in [0.3, 0.4) is 0 Å². The van der Waals surface area contributed by atoms with E-state index in [1.807, 2.05) is 18.2 Å². The van der Waals surface area contributed by atoms with E-state index in [1.54, 1.807) is 30.3 Å². The SMILES string of the molecule is O=C(Cc1cccc(Cl)c1)NCCc1cccc(O)c1. The Bertz CT molecular complexity index is 599. The molecule has 0 aliphatic heterocycles. The fraction of sp³-hybridized carbons (Fsp3) is 0.188. The number of phenols is 1. The molecule has 20 heavy (non-hydrogen) atoms. The van der Waals surface area contributed by atoms with Gasteiger partial charge in [0, 0.05) is 11.6 Å². The van der Waals surface area contributed by atoms with Crippen LogP contribution in [-0.2, 0) is 17.6 Å². The molecule has 0 atom stereocenters. The summed E-state index contributed by atoms with van der Waals surface area (Å²) in [5, 5.41) is 12.8. The normalized spacial score (nSPS) is 10.2. The van der Waals surface area contributed by atoms with Crippen LogP contribution in [-0.4, -0.2) is 17.6 Å². The third kappa shape index (κ3) is 4.59. The lowest BCUT2D eigenvalue weighted by atomic mass is 10.1. The number of rotatable bonds is 5. The molecule has 0 radical (unpaired) electrons. The molecule has 0 aliphatic rings. The first-order chi connectivity index (χ1) is 9.63. The molecule has 0 heterocycles. The number of aromatic hydroxyl groups is 1. The van der Waals surface area contributed by atoms with E-state index in [1.165, 1.54) is 0 Å². The Hall–Kier alpha value is -2.00. The molecule has 2 aromatic rings. The molecule has 0 aliphatic carbocycles. The Morgan fingerprint density at radius 1 is 1.10 bits per heavy atom. The zero-order chi connectivity index (χ0) is 14.4. The maximum atomic E-state index is 11.8. The van der Waals surface area contributed by atoms with E-state index in [0.29, 0.717) is 24.4 Å². The Morgan fingerprint density at radius 2 is 1.85 bits per heavy atom. The highest BCUT2D eigenvalue weighted by Gasteiger charge is 2.03. The van der Waals surface area contributed by atoms with Crippen molar-refractivity contribution in [2.45, 2.75) is 12.8 Å². The van der Waals surface area contributed by atoms with E-state index in [2.05, 4.69) is 5.32 Å². The number of phenolic OH excluding ortho intramolecular Hbond substituents is 1. The van der Waals surface area contributed by atoms with Crippen LogP contribution in [0.2, 0.25) is 5.02 Å². The zero-order valence-corrected chi connectivity index (χ0v) is 11.7. The molecular formula is C16H16ClNO2. The average molecular weight is 290 g/mol.